The molecule has 1 heteroatoms. The molecule has 0 heterocycles. The van der Waals surface area contributed by atoms with Gasteiger partial charge in [-0.3, -0.25) is 0 Å². The Bertz CT molecular complexity index is 339. The van der Waals surface area contributed by atoms with Crippen molar-refractivity contribution in [2.45, 2.75) is 106 Å². The maximum atomic E-state index is 2.60. The predicted octanol–water partition coefficient (Wildman–Crippen LogP) is 6.87. The summed E-state index contributed by atoms with van der Waals surface area (Å²) in [6, 6.07) is 1.39. The summed E-state index contributed by atoms with van der Waals surface area (Å²) in [5, 5.41) is 0. The van der Waals surface area contributed by atoms with Crippen LogP contribution in [0.1, 0.15) is 93.9 Å². The molecule has 1 nitrogen and oxygen atoms in total. The van der Waals surface area contributed by atoms with E-state index >= 15 is 0 Å². The molecule has 0 aromatic heterocycles. The van der Waals surface area contributed by atoms with Crippen LogP contribution in [0.3, 0.4) is 0 Å². The Labute approximate surface area is 154 Å². The van der Waals surface area contributed by atoms with E-state index in [9.17, 15) is 0 Å². The summed E-state index contributed by atoms with van der Waals surface area (Å²) < 4.78 is 0. The van der Waals surface area contributed by atoms with Crippen molar-refractivity contribution in [1.29, 1.82) is 0 Å². The van der Waals surface area contributed by atoms with Crippen molar-refractivity contribution in [3.8, 4) is 0 Å². The van der Waals surface area contributed by atoms with Crippen molar-refractivity contribution in [3.63, 3.8) is 0 Å². The van der Waals surface area contributed by atoms with Gasteiger partial charge in [-0.25, -0.2) is 0 Å². The van der Waals surface area contributed by atoms with E-state index in [1.807, 2.05) is 0 Å². The molecular formula is C23H47N. The van der Waals surface area contributed by atoms with Crippen LogP contribution in [0.4, 0.5) is 0 Å². The fraction of sp³-hybridized carbons (Fsp3) is 1.00. The highest BCUT2D eigenvalue weighted by Crippen LogP contribution is 2.44. The van der Waals surface area contributed by atoms with E-state index in [-0.39, 0.29) is 0 Å². The van der Waals surface area contributed by atoms with Gasteiger partial charge in [0.15, 0.2) is 0 Å². The van der Waals surface area contributed by atoms with E-state index < -0.39 is 0 Å². The van der Waals surface area contributed by atoms with E-state index in [2.05, 4.69) is 67.3 Å². The van der Waals surface area contributed by atoms with Crippen LogP contribution in [0.25, 0.3) is 0 Å². The molecule has 0 saturated heterocycles. The molecule has 0 radical (unpaired) electrons. The lowest BCUT2D eigenvalue weighted by Crippen LogP contribution is -2.39. The van der Waals surface area contributed by atoms with Gasteiger partial charge in [-0.1, -0.05) is 54.4 Å². The van der Waals surface area contributed by atoms with E-state index in [1.165, 1.54) is 38.5 Å². The van der Waals surface area contributed by atoms with E-state index in [0.29, 0.717) is 12.1 Å². The lowest BCUT2D eigenvalue weighted by molar-refractivity contribution is 0.0732. The molecule has 1 rings (SSSR count). The number of hydrogen-bond donors (Lipinski definition) is 0. The molecule has 8 atom stereocenters. The highest BCUT2D eigenvalue weighted by Gasteiger charge is 2.35. The maximum Gasteiger partial charge on any atom is 0.00693 e. The number of nitrogens with zero attached hydrogens (tertiary/aromatic N) is 1. The molecule has 0 amide bonds. The Hall–Kier alpha value is -0.0400. The molecular weight excluding hydrogens is 290 g/mol. The van der Waals surface area contributed by atoms with E-state index in [0.717, 1.165) is 35.5 Å². The third-order valence-corrected chi connectivity index (χ3v) is 8.01. The van der Waals surface area contributed by atoms with Gasteiger partial charge in [0.25, 0.3) is 0 Å². The van der Waals surface area contributed by atoms with E-state index in [4.69, 9.17) is 0 Å². The topological polar surface area (TPSA) is 3.24 Å². The fourth-order valence-corrected chi connectivity index (χ4v) is 4.80. The van der Waals surface area contributed by atoms with Gasteiger partial charge in [-0.05, 0) is 82.1 Å². The molecule has 1 saturated carbocycles. The van der Waals surface area contributed by atoms with Crippen LogP contribution in [0.2, 0.25) is 0 Å². The van der Waals surface area contributed by atoms with Crippen LogP contribution in [-0.4, -0.2) is 24.0 Å². The average molecular weight is 338 g/mol. The van der Waals surface area contributed by atoms with Crippen LogP contribution in [0.5, 0.6) is 0 Å². The van der Waals surface area contributed by atoms with Crippen LogP contribution < -0.4 is 0 Å². The summed E-state index contributed by atoms with van der Waals surface area (Å²) in [5.74, 6) is 5.44. The summed E-state index contributed by atoms with van der Waals surface area (Å²) in [6.45, 7) is 19.5. The summed E-state index contributed by atoms with van der Waals surface area (Å²) >= 11 is 0. The molecule has 0 aliphatic heterocycles. The normalized spacial score (nSPS) is 28.8. The maximum absolute atomic E-state index is 2.60. The van der Waals surface area contributed by atoms with Gasteiger partial charge in [0.05, 0.1) is 0 Å². The molecule has 0 bridgehead atoms. The molecule has 0 N–H and O–H groups in total. The largest absolute Gasteiger partial charge is 0.301 e. The van der Waals surface area contributed by atoms with Gasteiger partial charge in [-0.15, -0.1) is 0 Å². The van der Waals surface area contributed by atoms with Crippen molar-refractivity contribution >= 4 is 0 Å². The second-order valence-electron chi connectivity index (χ2n) is 9.44. The molecule has 1 fully saturated rings. The minimum atomic E-state index is 0.695. The van der Waals surface area contributed by atoms with Crippen molar-refractivity contribution in [2.75, 3.05) is 7.05 Å². The second kappa shape index (κ2) is 10.2. The molecule has 0 spiro atoms. The first-order valence-corrected chi connectivity index (χ1v) is 10.9. The first-order chi connectivity index (χ1) is 11.2. The zero-order valence-corrected chi connectivity index (χ0v) is 18.3. The highest BCUT2D eigenvalue weighted by molar-refractivity contribution is 4.86. The smallest absolute Gasteiger partial charge is 0.00693 e. The third kappa shape index (κ3) is 5.75. The monoisotopic (exact) mass is 337 g/mol. The van der Waals surface area contributed by atoms with Crippen molar-refractivity contribution < 1.29 is 0 Å². The van der Waals surface area contributed by atoms with Gasteiger partial charge >= 0.3 is 0 Å². The zero-order chi connectivity index (χ0) is 18.4. The van der Waals surface area contributed by atoms with Crippen LogP contribution in [0.15, 0.2) is 0 Å². The van der Waals surface area contributed by atoms with Crippen molar-refractivity contribution in [1.82, 2.24) is 4.90 Å². The Morgan fingerprint density at radius 3 is 1.92 bits per heavy atom. The second-order valence-corrected chi connectivity index (χ2v) is 9.44. The Kier molecular flexibility index (Phi) is 9.34. The standard InChI is InChI=1S/C23H47N/c1-10-16(3)21(8)23(15-22-13-12-17(22)4)18(5)14-20(7)24(9)19(6)11-2/h16-23H,10-15H2,1-9H3. The fourth-order valence-electron chi connectivity index (χ4n) is 4.80. The van der Waals surface area contributed by atoms with Gasteiger partial charge in [0, 0.05) is 12.1 Å². The van der Waals surface area contributed by atoms with Crippen LogP contribution >= 0.6 is 0 Å². The van der Waals surface area contributed by atoms with Gasteiger partial charge in [-0.2, -0.15) is 0 Å². The first-order valence-electron chi connectivity index (χ1n) is 10.9. The van der Waals surface area contributed by atoms with Crippen LogP contribution in [0, 0.1) is 35.5 Å². The summed E-state index contributed by atoms with van der Waals surface area (Å²) in [4.78, 5) is 2.60. The summed E-state index contributed by atoms with van der Waals surface area (Å²) in [5.41, 5.74) is 0. The van der Waals surface area contributed by atoms with Gasteiger partial charge in [0.2, 0.25) is 0 Å². The highest BCUT2D eigenvalue weighted by atomic mass is 15.1. The zero-order valence-electron chi connectivity index (χ0n) is 18.3. The number of hydrogen-bond acceptors (Lipinski definition) is 1. The molecule has 24 heavy (non-hydrogen) atoms. The predicted molar refractivity (Wildman–Crippen MR) is 109 cm³/mol. The summed E-state index contributed by atoms with van der Waals surface area (Å²) in [7, 11) is 2.33. The molecule has 0 aromatic carbocycles. The minimum absolute atomic E-state index is 0.695. The summed E-state index contributed by atoms with van der Waals surface area (Å²) in [6.07, 6.45) is 8.37. The molecule has 8 unspecified atom stereocenters. The Balaban J connectivity index is 2.73. The first kappa shape index (κ1) is 22.0. The number of rotatable bonds is 11. The Morgan fingerprint density at radius 1 is 0.875 bits per heavy atom. The van der Waals surface area contributed by atoms with E-state index in [1.54, 1.807) is 0 Å². The molecule has 144 valence electrons. The van der Waals surface area contributed by atoms with Crippen molar-refractivity contribution in [2.24, 2.45) is 35.5 Å². The molecule has 1 aliphatic rings. The molecule has 0 aromatic rings. The van der Waals surface area contributed by atoms with Crippen molar-refractivity contribution in [3.05, 3.63) is 0 Å². The quantitative estimate of drug-likeness (QED) is 0.398. The van der Waals surface area contributed by atoms with Crippen LogP contribution in [-0.2, 0) is 0 Å². The third-order valence-electron chi connectivity index (χ3n) is 8.01. The SMILES string of the molecule is CCC(C)C(C)C(CC1CCC1C)C(C)CC(C)N(C)C(C)CC. The molecule has 1 aliphatic carbocycles. The Morgan fingerprint density at radius 2 is 1.50 bits per heavy atom. The lowest BCUT2D eigenvalue weighted by atomic mass is 9.64. The van der Waals surface area contributed by atoms with Gasteiger partial charge in [0.1, 0.15) is 0 Å². The average Bonchev–Trinajstić information content (AvgIpc) is 2.57. The minimum Gasteiger partial charge on any atom is -0.301 e. The lowest BCUT2D eigenvalue weighted by Gasteiger charge is -2.43. The van der Waals surface area contributed by atoms with Gasteiger partial charge < -0.3 is 4.90 Å².